The minimum atomic E-state index is 0.0797. The van der Waals surface area contributed by atoms with Gasteiger partial charge in [0.25, 0.3) is 5.91 Å². The molecule has 1 amide bonds. The molecule has 0 aromatic carbocycles. The summed E-state index contributed by atoms with van der Waals surface area (Å²) < 4.78 is 0. The van der Waals surface area contributed by atoms with Crippen molar-refractivity contribution in [2.75, 3.05) is 30.0 Å². The van der Waals surface area contributed by atoms with Gasteiger partial charge in [0.1, 0.15) is 5.82 Å². The van der Waals surface area contributed by atoms with Crippen molar-refractivity contribution < 1.29 is 4.79 Å². The molecule has 0 atom stereocenters. The minimum absolute atomic E-state index is 0.0797. The molecule has 1 aromatic rings. The predicted molar refractivity (Wildman–Crippen MR) is 79.3 cm³/mol. The van der Waals surface area contributed by atoms with Gasteiger partial charge < -0.3 is 10.3 Å². The summed E-state index contributed by atoms with van der Waals surface area (Å²) in [5.74, 6) is 8.18. The number of carbonyl (C=O) groups excluding carboxylic acids is 1. The number of hydrogen-bond donors (Lipinski definition) is 2. The Morgan fingerprint density at radius 2 is 2.32 bits per heavy atom. The predicted octanol–water partition coefficient (Wildman–Crippen LogP) is 1.51. The number of amides is 1. The van der Waals surface area contributed by atoms with Crippen LogP contribution in [0, 0.1) is 0 Å². The fourth-order valence-electron chi connectivity index (χ4n) is 2.10. The van der Waals surface area contributed by atoms with E-state index in [1.165, 1.54) is 0 Å². The Bertz CT molecular complexity index is 422. The number of thioether (sulfide) groups is 1. The van der Waals surface area contributed by atoms with Crippen LogP contribution in [0.5, 0.6) is 0 Å². The van der Waals surface area contributed by atoms with Gasteiger partial charge in [-0.1, -0.05) is 6.92 Å². The number of carbonyl (C=O) groups is 1. The van der Waals surface area contributed by atoms with E-state index in [0.717, 1.165) is 43.1 Å². The lowest BCUT2D eigenvalue weighted by Gasteiger charge is -2.20. The molecule has 0 radical (unpaired) electrons. The van der Waals surface area contributed by atoms with Crippen LogP contribution in [0.2, 0.25) is 0 Å². The fourth-order valence-corrected chi connectivity index (χ4v) is 2.98. The standard InChI is InChI=1S/C13H20N4OS/c1-2-11-8-10(9-12(15-11)16-14)13(18)17-4-3-6-19-7-5-17/h8-9H,2-7,14H2,1H3,(H,15,16). The first-order valence-electron chi connectivity index (χ1n) is 6.59. The lowest BCUT2D eigenvalue weighted by atomic mass is 10.1. The maximum Gasteiger partial charge on any atom is 0.254 e. The molecule has 0 spiro atoms. The Kier molecular flexibility index (Phi) is 5.04. The lowest BCUT2D eigenvalue weighted by molar-refractivity contribution is 0.0768. The van der Waals surface area contributed by atoms with Crippen LogP contribution in [0.25, 0.3) is 0 Å². The van der Waals surface area contributed by atoms with Gasteiger partial charge in [0, 0.05) is 30.1 Å². The normalized spacial score (nSPS) is 16.0. The third kappa shape index (κ3) is 3.61. The molecule has 0 bridgehead atoms. The Hall–Kier alpha value is -1.27. The number of hydrazine groups is 1. The van der Waals surface area contributed by atoms with E-state index in [-0.39, 0.29) is 5.91 Å². The maximum atomic E-state index is 12.5. The topological polar surface area (TPSA) is 71.2 Å². The number of aromatic nitrogens is 1. The van der Waals surface area contributed by atoms with Crippen molar-refractivity contribution in [1.29, 1.82) is 0 Å². The van der Waals surface area contributed by atoms with E-state index in [2.05, 4.69) is 10.4 Å². The molecule has 2 rings (SSSR count). The quantitative estimate of drug-likeness (QED) is 0.648. The van der Waals surface area contributed by atoms with E-state index >= 15 is 0 Å². The summed E-state index contributed by atoms with van der Waals surface area (Å²) >= 11 is 1.91. The number of rotatable bonds is 3. The third-order valence-electron chi connectivity index (χ3n) is 3.14. The number of nitrogens with two attached hydrogens (primary N) is 1. The van der Waals surface area contributed by atoms with Crippen LogP contribution in [-0.2, 0) is 6.42 Å². The summed E-state index contributed by atoms with van der Waals surface area (Å²) in [4.78, 5) is 18.7. The summed E-state index contributed by atoms with van der Waals surface area (Å²) in [5, 5.41) is 0. The zero-order chi connectivity index (χ0) is 13.7. The Morgan fingerprint density at radius 3 is 3.05 bits per heavy atom. The average molecular weight is 280 g/mol. The van der Waals surface area contributed by atoms with Crippen molar-refractivity contribution in [3.63, 3.8) is 0 Å². The number of hydrogen-bond acceptors (Lipinski definition) is 5. The van der Waals surface area contributed by atoms with E-state index in [1.54, 1.807) is 6.07 Å². The van der Waals surface area contributed by atoms with Crippen LogP contribution in [-0.4, -0.2) is 40.4 Å². The number of nitrogens with zero attached hydrogens (tertiary/aromatic N) is 2. The highest BCUT2D eigenvalue weighted by Gasteiger charge is 2.18. The first-order valence-corrected chi connectivity index (χ1v) is 7.74. The zero-order valence-electron chi connectivity index (χ0n) is 11.2. The van der Waals surface area contributed by atoms with Crippen LogP contribution in [0.1, 0.15) is 29.4 Å². The highest BCUT2D eigenvalue weighted by atomic mass is 32.2. The smallest absolute Gasteiger partial charge is 0.254 e. The highest BCUT2D eigenvalue weighted by molar-refractivity contribution is 7.99. The molecular weight excluding hydrogens is 260 g/mol. The van der Waals surface area contributed by atoms with Crippen molar-refractivity contribution >= 4 is 23.5 Å². The second kappa shape index (κ2) is 6.77. The second-order valence-electron chi connectivity index (χ2n) is 4.49. The van der Waals surface area contributed by atoms with Crippen molar-refractivity contribution in [1.82, 2.24) is 9.88 Å². The molecule has 1 aromatic heterocycles. The molecule has 0 unspecified atom stereocenters. The molecule has 3 N–H and O–H groups in total. The maximum absolute atomic E-state index is 12.5. The largest absolute Gasteiger partial charge is 0.338 e. The molecule has 1 saturated heterocycles. The Balaban J connectivity index is 2.21. The first-order chi connectivity index (χ1) is 9.24. The first kappa shape index (κ1) is 14.1. The summed E-state index contributed by atoms with van der Waals surface area (Å²) in [6, 6.07) is 3.58. The average Bonchev–Trinajstić information content (AvgIpc) is 2.74. The number of nitrogens with one attached hydrogen (secondary N) is 1. The Morgan fingerprint density at radius 1 is 1.47 bits per heavy atom. The molecule has 1 aliphatic heterocycles. The second-order valence-corrected chi connectivity index (χ2v) is 5.71. The molecular formula is C13H20N4OS. The summed E-state index contributed by atoms with van der Waals surface area (Å²) in [6.45, 7) is 3.67. The molecule has 0 saturated carbocycles. The van der Waals surface area contributed by atoms with Crippen molar-refractivity contribution in [3.8, 4) is 0 Å². The van der Waals surface area contributed by atoms with Gasteiger partial charge in [-0.25, -0.2) is 10.8 Å². The van der Waals surface area contributed by atoms with Crippen LogP contribution < -0.4 is 11.3 Å². The summed E-state index contributed by atoms with van der Waals surface area (Å²) in [5.41, 5.74) is 4.08. The molecule has 0 aliphatic carbocycles. The molecule has 104 valence electrons. The highest BCUT2D eigenvalue weighted by Crippen LogP contribution is 2.16. The number of aryl methyl sites for hydroxylation is 1. The molecule has 1 aliphatic rings. The molecule has 6 heteroatoms. The van der Waals surface area contributed by atoms with Gasteiger partial charge in [0.15, 0.2) is 0 Å². The molecule has 5 nitrogen and oxygen atoms in total. The van der Waals surface area contributed by atoms with E-state index < -0.39 is 0 Å². The number of pyridine rings is 1. The monoisotopic (exact) mass is 280 g/mol. The van der Waals surface area contributed by atoms with E-state index in [1.807, 2.05) is 29.7 Å². The zero-order valence-corrected chi connectivity index (χ0v) is 12.0. The third-order valence-corrected chi connectivity index (χ3v) is 4.19. The van der Waals surface area contributed by atoms with Gasteiger partial charge in [-0.3, -0.25) is 4.79 Å². The van der Waals surface area contributed by atoms with Crippen LogP contribution in [0.15, 0.2) is 12.1 Å². The fraction of sp³-hybridized carbons (Fsp3) is 0.538. The van der Waals surface area contributed by atoms with Crippen molar-refractivity contribution in [3.05, 3.63) is 23.4 Å². The molecule has 19 heavy (non-hydrogen) atoms. The van der Waals surface area contributed by atoms with Gasteiger partial charge in [0.05, 0.1) is 0 Å². The SMILES string of the molecule is CCc1cc(C(=O)N2CCCSCC2)cc(NN)n1. The van der Waals surface area contributed by atoms with E-state index in [0.29, 0.717) is 11.4 Å². The number of anilines is 1. The Labute approximate surface area is 117 Å². The number of nitrogen functional groups attached to an aromatic ring is 1. The van der Waals surface area contributed by atoms with Gasteiger partial charge in [-0.2, -0.15) is 11.8 Å². The molecule has 2 heterocycles. The van der Waals surface area contributed by atoms with Crippen LogP contribution in [0.3, 0.4) is 0 Å². The van der Waals surface area contributed by atoms with Crippen molar-refractivity contribution in [2.45, 2.75) is 19.8 Å². The lowest BCUT2D eigenvalue weighted by Crippen LogP contribution is -2.33. The van der Waals surface area contributed by atoms with E-state index in [9.17, 15) is 4.79 Å². The van der Waals surface area contributed by atoms with Crippen LogP contribution in [0.4, 0.5) is 5.82 Å². The molecule has 1 fully saturated rings. The van der Waals surface area contributed by atoms with Gasteiger partial charge in [-0.05, 0) is 30.7 Å². The summed E-state index contributed by atoms with van der Waals surface area (Å²) in [7, 11) is 0. The summed E-state index contributed by atoms with van der Waals surface area (Å²) in [6.07, 6.45) is 1.84. The van der Waals surface area contributed by atoms with Gasteiger partial charge >= 0.3 is 0 Å². The van der Waals surface area contributed by atoms with Crippen molar-refractivity contribution in [2.24, 2.45) is 5.84 Å². The van der Waals surface area contributed by atoms with Crippen LogP contribution >= 0.6 is 11.8 Å². The van der Waals surface area contributed by atoms with E-state index in [4.69, 9.17) is 5.84 Å². The van der Waals surface area contributed by atoms with Gasteiger partial charge in [0.2, 0.25) is 0 Å². The van der Waals surface area contributed by atoms with Gasteiger partial charge in [-0.15, -0.1) is 0 Å². The minimum Gasteiger partial charge on any atom is -0.338 e.